The summed E-state index contributed by atoms with van der Waals surface area (Å²) in [5.41, 5.74) is 3.08. The molecule has 4 heteroatoms. The van der Waals surface area contributed by atoms with Crippen LogP contribution in [-0.2, 0) is 17.9 Å². The smallest absolute Gasteiger partial charge is 0.220 e. The minimum absolute atomic E-state index is 0.00950. The molecule has 0 atom stereocenters. The van der Waals surface area contributed by atoms with Crippen LogP contribution in [0.5, 0.6) is 0 Å². The Labute approximate surface area is 174 Å². The first-order chi connectivity index (χ1) is 14.1. The average molecular weight is 393 g/mol. The van der Waals surface area contributed by atoms with Crippen LogP contribution in [0, 0.1) is 0 Å². The van der Waals surface area contributed by atoms with Crippen molar-refractivity contribution >= 4 is 11.7 Å². The summed E-state index contributed by atoms with van der Waals surface area (Å²) in [7, 11) is 2.21. The third-order valence-electron chi connectivity index (χ3n) is 5.89. The van der Waals surface area contributed by atoms with Crippen LogP contribution >= 0.6 is 0 Å². The molecule has 4 nitrogen and oxygen atoms in total. The molecule has 0 aromatic heterocycles. The molecule has 1 aliphatic carbocycles. The van der Waals surface area contributed by atoms with Crippen LogP contribution in [0.1, 0.15) is 66.4 Å². The average Bonchev–Trinajstić information content (AvgIpc) is 2.78. The van der Waals surface area contributed by atoms with Crippen molar-refractivity contribution in [3.05, 3.63) is 71.3 Å². The molecular weight excluding hydrogens is 360 g/mol. The summed E-state index contributed by atoms with van der Waals surface area (Å²) in [5, 5.41) is 2.99. The Morgan fingerprint density at radius 1 is 0.897 bits per heavy atom. The molecule has 0 spiro atoms. The Morgan fingerprint density at radius 3 is 2.28 bits per heavy atom. The van der Waals surface area contributed by atoms with Gasteiger partial charge >= 0.3 is 0 Å². The Balaban J connectivity index is 1.48. The Kier molecular flexibility index (Phi) is 8.00. The molecule has 29 heavy (non-hydrogen) atoms. The molecule has 1 N–H and O–H groups in total. The molecule has 154 valence electrons. The second-order valence-corrected chi connectivity index (χ2v) is 8.04. The summed E-state index contributed by atoms with van der Waals surface area (Å²) in [6.45, 7) is 1.41. The fraction of sp³-hybridized carbons (Fsp3) is 0.440. The molecule has 0 unspecified atom stereocenters. The predicted molar refractivity (Wildman–Crippen MR) is 117 cm³/mol. The molecule has 1 amide bonds. The van der Waals surface area contributed by atoms with Crippen molar-refractivity contribution in [1.29, 1.82) is 0 Å². The van der Waals surface area contributed by atoms with Crippen molar-refractivity contribution in [2.75, 3.05) is 7.05 Å². The lowest BCUT2D eigenvalue weighted by molar-refractivity contribution is -0.121. The van der Waals surface area contributed by atoms with Gasteiger partial charge in [0.05, 0.1) is 0 Å². The van der Waals surface area contributed by atoms with Crippen LogP contribution in [-0.4, -0.2) is 29.7 Å². The highest BCUT2D eigenvalue weighted by molar-refractivity contribution is 5.97. The number of hydrogen-bond acceptors (Lipinski definition) is 3. The fourth-order valence-corrected chi connectivity index (χ4v) is 4.08. The van der Waals surface area contributed by atoms with Gasteiger partial charge in [0.15, 0.2) is 5.78 Å². The van der Waals surface area contributed by atoms with E-state index in [1.165, 1.54) is 37.7 Å². The number of Topliss-reactive ketones (excluding diaryl/α,β-unsaturated/α-hetero) is 1. The minimum atomic E-state index is -0.0790. The molecule has 2 aromatic rings. The van der Waals surface area contributed by atoms with Gasteiger partial charge in [0.25, 0.3) is 0 Å². The number of nitrogens with zero attached hydrogens (tertiary/aromatic N) is 1. The maximum atomic E-state index is 12.3. The summed E-state index contributed by atoms with van der Waals surface area (Å²) in [6, 6.07) is 18.1. The molecular formula is C25H32N2O2. The second kappa shape index (κ2) is 10.9. The van der Waals surface area contributed by atoms with Crippen LogP contribution in [0.4, 0.5) is 0 Å². The van der Waals surface area contributed by atoms with Crippen molar-refractivity contribution in [3.63, 3.8) is 0 Å². The molecule has 2 aromatic carbocycles. The lowest BCUT2D eigenvalue weighted by atomic mass is 9.94. The molecule has 0 bridgehead atoms. The summed E-state index contributed by atoms with van der Waals surface area (Å²) in [4.78, 5) is 26.9. The van der Waals surface area contributed by atoms with Crippen LogP contribution in [0.15, 0.2) is 54.6 Å². The van der Waals surface area contributed by atoms with Crippen LogP contribution < -0.4 is 5.32 Å². The van der Waals surface area contributed by atoms with Gasteiger partial charge in [-0.15, -0.1) is 0 Å². The first-order valence-electron chi connectivity index (χ1n) is 10.8. The maximum Gasteiger partial charge on any atom is 0.220 e. The lowest BCUT2D eigenvalue weighted by Crippen LogP contribution is -2.33. The molecule has 1 fully saturated rings. The molecule has 0 radical (unpaired) electrons. The molecule has 0 heterocycles. The van der Waals surface area contributed by atoms with Crippen LogP contribution in [0.3, 0.4) is 0 Å². The van der Waals surface area contributed by atoms with E-state index in [1.807, 2.05) is 24.3 Å². The number of nitrogens with one attached hydrogen (secondary N) is 1. The van der Waals surface area contributed by atoms with Gasteiger partial charge in [-0.25, -0.2) is 0 Å². The molecule has 1 saturated carbocycles. The number of rotatable bonds is 9. The number of hydrogen-bond donors (Lipinski definition) is 1. The Hall–Kier alpha value is -2.46. The topological polar surface area (TPSA) is 49.4 Å². The van der Waals surface area contributed by atoms with Crippen molar-refractivity contribution in [2.24, 2.45) is 0 Å². The van der Waals surface area contributed by atoms with Gasteiger partial charge in [-0.3, -0.25) is 14.5 Å². The number of carbonyl (C=O) groups is 2. The number of ketones is 1. The van der Waals surface area contributed by atoms with Gasteiger partial charge in [0.1, 0.15) is 0 Å². The largest absolute Gasteiger partial charge is 0.352 e. The highest BCUT2D eigenvalue weighted by atomic mass is 16.2. The third-order valence-corrected chi connectivity index (χ3v) is 5.89. The van der Waals surface area contributed by atoms with Crippen LogP contribution in [0.2, 0.25) is 0 Å². The van der Waals surface area contributed by atoms with Gasteiger partial charge < -0.3 is 5.32 Å². The van der Waals surface area contributed by atoms with E-state index in [0.717, 1.165) is 12.1 Å². The summed E-state index contributed by atoms with van der Waals surface area (Å²) < 4.78 is 0. The summed E-state index contributed by atoms with van der Waals surface area (Å²) in [6.07, 6.45) is 7.04. The monoisotopic (exact) mass is 392 g/mol. The minimum Gasteiger partial charge on any atom is -0.352 e. The third kappa shape index (κ3) is 6.53. The first-order valence-corrected chi connectivity index (χ1v) is 10.8. The van der Waals surface area contributed by atoms with Gasteiger partial charge in [-0.2, -0.15) is 0 Å². The zero-order chi connectivity index (χ0) is 20.5. The maximum absolute atomic E-state index is 12.3. The normalized spacial score (nSPS) is 14.7. The van der Waals surface area contributed by atoms with E-state index in [4.69, 9.17) is 0 Å². The predicted octanol–water partition coefficient (Wildman–Crippen LogP) is 4.73. The zero-order valence-electron chi connectivity index (χ0n) is 17.4. The molecule has 1 aliphatic rings. The SMILES string of the molecule is CN(Cc1ccccc1CNC(=O)CCC(=O)c1ccccc1)C1CCCCC1. The number of benzene rings is 2. The van der Waals surface area contributed by atoms with Crippen molar-refractivity contribution < 1.29 is 9.59 Å². The molecule has 3 rings (SSSR count). The second-order valence-electron chi connectivity index (χ2n) is 8.04. The standard InChI is InChI=1S/C25H32N2O2/c1-27(23-14-6-3-7-15-23)19-22-13-9-8-12-21(22)18-26-25(29)17-16-24(28)20-10-4-2-5-11-20/h2,4-5,8-13,23H,3,6-7,14-19H2,1H3,(H,26,29). The van der Waals surface area contributed by atoms with Crippen molar-refractivity contribution in [1.82, 2.24) is 10.2 Å². The number of carbonyl (C=O) groups excluding carboxylic acids is 2. The van der Waals surface area contributed by atoms with E-state index in [1.54, 1.807) is 12.1 Å². The highest BCUT2D eigenvalue weighted by Crippen LogP contribution is 2.23. The van der Waals surface area contributed by atoms with E-state index in [0.29, 0.717) is 18.2 Å². The van der Waals surface area contributed by atoms with Gasteiger partial charge in [0.2, 0.25) is 5.91 Å². The highest BCUT2D eigenvalue weighted by Gasteiger charge is 2.19. The zero-order valence-corrected chi connectivity index (χ0v) is 17.4. The Bertz CT molecular complexity index is 797. The van der Waals surface area contributed by atoms with E-state index in [-0.39, 0.29) is 24.5 Å². The van der Waals surface area contributed by atoms with E-state index in [9.17, 15) is 9.59 Å². The van der Waals surface area contributed by atoms with E-state index in [2.05, 4.69) is 35.5 Å². The van der Waals surface area contributed by atoms with Crippen molar-refractivity contribution in [2.45, 2.75) is 64.1 Å². The lowest BCUT2D eigenvalue weighted by Gasteiger charge is -2.31. The molecule has 0 saturated heterocycles. The summed E-state index contributed by atoms with van der Waals surface area (Å²) >= 11 is 0. The van der Waals surface area contributed by atoms with Gasteiger partial charge in [0, 0.05) is 37.5 Å². The Morgan fingerprint density at radius 2 is 1.55 bits per heavy atom. The van der Waals surface area contributed by atoms with Crippen LogP contribution in [0.25, 0.3) is 0 Å². The first kappa shape index (κ1) is 21.3. The summed E-state index contributed by atoms with van der Waals surface area (Å²) in [5.74, 6) is -0.0695. The quantitative estimate of drug-likeness (QED) is 0.628. The fourth-order valence-electron chi connectivity index (χ4n) is 4.08. The van der Waals surface area contributed by atoms with Gasteiger partial charge in [-0.1, -0.05) is 73.9 Å². The van der Waals surface area contributed by atoms with Crippen molar-refractivity contribution in [3.8, 4) is 0 Å². The van der Waals surface area contributed by atoms with Gasteiger partial charge in [-0.05, 0) is 31.0 Å². The molecule has 0 aliphatic heterocycles. The number of amides is 1. The van der Waals surface area contributed by atoms with E-state index >= 15 is 0 Å². The van der Waals surface area contributed by atoms with E-state index < -0.39 is 0 Å².